The third-order valence-electron chi connectivity index (χ3n) is 3.86. The maximum absolute atomic E-state index is 12.6. The van der Waals surface area contributed by atoms with Crippen LogP contribution in [0, 0.1) is 0 Å². The highest BCUT2D eigenvalue weighted by Gasteiger charge is 2.29. The fourth-order valence-electron chi connectivity index (χ4n) is 2.63. The molecule has 0 radical (unpaired) electrons. The highest BCUT2D eigenvalue weighted by molar-refractivity contribution is 7.89. The van der Waals surface area contributed by atoms with E-state index in [1.165, 1.54) is 16.4 Å². The lowest BCUT2D eigenvalue weighted by molar-refractivity contribution is 0.0604. The second-order valence-electron chi connectivity index (χ2n) is 5.13. The Morgan fingerprint density at radius 3 is 2.52 bits per heavy atom. The van der Waals surface area contributed by atoms with Crippen LogP contribution < -0.4 is 5.69 Å². The number of rotatable bonds is 3. The molecule has 8 heteroatoms. The van der Waals surface area contributed by atoms with E-state index in [9.17, 15) is 13.2 Å². The molecule has 1 saturated heterocycles. The predicted octanol–water partition coefficient (Wildman–Crippen LogP) is 0.656. The number of H-pyrrole nitrogens is 2. The van der Waals surface area contributed by atoms with Gasteiger partial charge in [-0.2, -0.15) is 4.31 Å². The number of piperidine rings is 1. The van der Waals surface area contributed by atoms with E-state index in [0.29, 0.717) is 37.0 Å². The molecular weight excluding hydrogens is 294 g/mol. The molecule has 1 aliphatic rings. The van der Waals surface area contributed by atoms with Crippen molar-refractivity contribution >= 4 is 21.1 Å². The van der Waals surface area contributed by atoms with E-state index < -0.39 is 10.0 Å². The monoisotopic (exact) mass is 311 g/mol. The highest BCUT2D eigenvalue weighted by Crippen LogP contribution is 2.23. The molecule has 1 aliphatic heterocycles. The first-order chi connectivity index (χ1) is 10.0. The predicted molar refractivity (Wildman–Crippen MR) is 77.7 cm³/mol. The van der Waals surface area contributed by atoms with Crippen molar-refractivity contribution in [1.82, 2.24) is 14.3 Å². The average Bonchev–Trinajstić information content (AvgIpc) is 2.86. The zero-order valence-electron chi connectivity index (χ0n) is 11.6. The summed E-state index contributed by atoms with van der Waals surface area (Å²) in [4.78, 5) is 16.6. The fourth-order valence-corrected chi connectivity index (χ4v) is 4.13. The van der Waals surface area contributed by atoms with Crippen LogP contribution in [-0.2, 0) is 14.8 Å². The molecule has 1 fully saturated rings. The molecule has 0 bridgehead atoms. The zero-order chi connectivity index (χ0) is 15.0. The third kappa shape index (κ3) is 2.61. The summed E-state index contributed by atoms with van der Waals surface area (Å²) < 4.78 is 32.0. The van der Waals surface area contributed by atoms with Crippen LogP contribution in [0.15, 0.2) is 27.9 Å². The average molecular weight is 311 g/mol. The lowest BCUT2D eigenvalue weighted by Crippen LogP contribution is -2.40. The zero-order valence-corrected chi connectivity index (χ0v) is 12.4. The Kier molecular flexibility index (Phi) is 3.60. The summed E-state index contributed by atoms with van der Waals surface area (Å²) in [7, 11) is -1.89. The summed E-state index contributed by atoms with van der Waals surface area (Å²) >= 11 is 0. The highest BCUT2D eigenvalue weighted by atomic mass is 32.2. The second kappa shape index (κ2) is 5.28. The van der Waals surface area contributed by atoms with Crippen molar-refractivity contribution in [2.75, 3.05) is 20.2 Å². The minimum absolute atomic E-state index is 0.125. The van der Waals surface area contributed by atoms with Crippen LogP contribution in [0.3, 0.4) is 0 Å². The summed E-state index contributed by atoms with van der Waals surface area (Å²) in [6, 6.07) is 4.61. The largest absolute Gasteiger partial charge is 0.381 e. The van der Waals surface area contributed by atoms with E-state index in [-0.39, 0.29) is 16.7 Å². The molecule has 3 rings (SSSR count). The molecule has 2 aromatic rings. The van der Waals surface area contributed by atoms with E-state index in [1.54, 1.807) is 13.2 Å². The summed E-state index contributed by atoms with van der Waals surface area (Å²) in [5, 5.41) is 0. The number of ether oxygens (including phenoxy) is 1. The fraction of sp³-hybridized carbons (Fsp3) is 0.462. The van der Waals surface area contributed by atoms with E-state index in [2.05, 4.69) is 9.97 Å². The van der Waals surface area contributed by atoms with Crippen molar-refractivity contribution in [2.45, 2.75) is 23.8 Å². The van der Waals surface area contributed by atoms with Gasteiger partial charge in [0.15, 0.2) is 0 Å². The normalized spacial score (nSPS) is 18.3. The van der Waals surface area contributed by atoms with Crippen molar-refractivity contribution in [3.05, 3.63) is 28.7 Å². The third-order valence-corrected chi connectivity index (χ3v) is 5.75. The molecule has 0 amide bonds. The van der Waals surface area contributed by atoms with Crippen LogP contribution in [0.25, 0.3) is 11.0 Å². The van der Waals surface area contributed by atoms with Crippen LogP contribution in [0.1, 0.15) is 12.8 Å². The maximum atomic E-state index is 12.6. The van der Waals surface area contributed by atoms with Gasteiger partial charge in [0.05, 0.1) is 22.0 Å². The molecule has 0 spiro atoms. The molecule has 2 heterocycles. The minimum Gasteiger partial charge on any atom is -0.381 e. The van der Waals surface area contributed by atoms with Crippen LogP contribution in [0.5, 0.6) is 0 Å². The van der Waals surface area contributed by atoms with Gasteiger partial charge in [-0.3, -0.25) is 0 Å². The molecule has 0 aliphatic carbocycles. The lowest BCUT2D eigenvalue weighted by atomic mass is 10.1. The van der Waals surface area contributed by atoms with Crippen LogP contribution >= 0.6 is 0 Å². The molecule has 0 saturated carbocycles. The quantitative estimate of drug-likeness (QED) is 0.870. The van der Waals surface area contributed by atoms with Crippen LogP contribution in [0.4, 0.5) is 0 Å². The molecule has 21 heavy (non-hydrogen) atoms. The number of hydrogen-bond acceptors (Lipinski definition) is 4. The molecule has 2 N–H and O–H groups in total. The van der Waals surface area contributed by atoms with Gasteiger partial charge in [0.1, 0.15) is 0 Å². The van der Waals surface area contributed by atoms with Crippen LogP contribution in [-0.4, -0.2) is 49.0 Å². The number of aromatic nitrogens is 2. The molecule has 7 nitrogen and oxygen atoms in total. The smallest absolute Gasteiger partial charge is 0.323 e. The molecule has 114 valence electrons. The van der Waals surface area contributed by atoms with E-state index >= 15 is 0 Å². The van der Waals surface area contributed by atoms with Gasteiger partial charge in [-0.15, -0.1) is 0 Å². The Morgan fingerprint density at radius 1 is 1.19 bits per heavy atom. The van der Waals surface area contributed by atoms with Gasteiger partial charge in [0.25, 0.3) is 0 Å². The van der Waals surface area contributed by atoms with Gasteiger partial charge in [0, 0.05) is 20.2 Å². The van der Waals surface area contributed by atoms with Gasteiger partial charge < -0.3 is 14.7 Å². The topological polar surface area (TPSA) is 95.3 Å². The molecular formula is C13H17N3O4S. The van der Waals surface area contributed by atoms with E-state index in [1.807, 2.05) is 0 Å². The Morgan fingerprint density at radius 2 is 1.86 bits per heavy atom. The standard InChI is InChI=1S/C13H17N3O4S/c1-20-9-4-6-16(7-5-9)21(18,19)10-2-3-11-12(8-10)15-13(17)14-11/h2-3,8-9H,4-7H2,1H3,(H2,14,15,17). The Bertz CT molecular complexity index is 800. The number of fused-ring (bicyclic) bond motifs is 1. The van der Waals surface area contributed by atoms with E-state index in [0.717, 1.165) is 0 Å². The Balaban J connectivity index is 1.91. The van der Waals surface area contributed by atoms with Crippen LogP contribution in [0.2, 0.25) is 0 Å². The number of aromatic amines is 2. The number of methoxy groups -OCH3 is 1. The number of hydrogen-bond donors (Lipinski definition) is 2. The van der Waals surface area contributed by atoms with Crippen molar-refractivity contribution in [1.29, 1.82) is 0 Å². The lowest BCUT2D eigenvalue weighted by Gasteiger charge is -2.30. The molecule has 1 aromatic carbocycles. The Labute approximate surface area is 122 Å². The van der Waals surface area contributed by atoms with Gasteiger partial charge in [-0.25, -0.2) is 13.2 Å². The first-order valence-corrected chi connectivity index (χ1v) is 8.20. The van der Waals surface area contributed by atoms with Gasteiger partial charge in [-0.05, 0) is 31.0 Å². The van der Waals surface area contributed by atoms with Crippen molar-refractivity contribution < 1.29 is 13.2 Å². The second-order valence-corrected chi connectivity index (χ2v) is 7.06. The first kappa shape index (κ1) is 14.3. The summed E-state index contributed by atoms with van der Waals surface area (Å²) in [6.45, 7) is 0.894. The van der Waals surface area contributed by atoms with Gasteiger partial charge in [-0.1, -0.05) is 0 Å². The maximum Gasteiger partial charge on any atom is 0.323 e. The summed E-state index contributed by atoms with van der Waals surface area (Å²) in [5.41, 5.74) is 0.741. The summed E-state index contributed by atoms with van der Waals surface area (Å²) in [6.07, 6.45) is 1.51. The SMILES string of the molecule is COC1CCN(S(=O)(=O)c2ccc3[nH]c(=O)[nH]c3c2)CC1. The minimum atomic E-state index is -3.53. The summed E-state index contributed by atoms with van der Waals surface area (Å²) in [5.74, 6) is 0. The first-order valence-electron chi connectivity index (χ1n) is 6.76. The molecule has 0 unspecified atom stereocenters. The van der Waals surface area contributed by atoms with E-state index in [4.69, 9.17) is 4.74 Å². The molecule has 1 aromatic heterocycles. The Hall–Kier alpha value is -1.64. The number of nitrogens with one attached hydrogen (secondary N) is 2. The van der Waals surface area contributed by atoms with Crippen molar-refractivity contribution in [3.63, 3.8) is 0 Å². The van der Waals surface area contributed by atoms with Gasteiger partial charge in [0.2, 0.25) is 10.0 Å². The number of nitrogens with zero attached hydrogens (tertiary/aromatic N) is 1. The number of imidazole rings is 1. The van der Waals surface area contributed by atoms with Crippen molar-refractivity contribution in [3.8, 4) is 0 Å². The number of benzene rings is 1. The molecule has 0 atom stereocenters. The number of sulfonamides is 1. The van der Waals surface area contributed by atoms with Crippen molar-refractivity contribution in [2.24, 2.45) is 0 Å². The van der Waals surface area contributed by atoms with Gasteiger partial charge >= 0.3 is 5.69 Å².